The standard InChI is InChI=1S/C17H13N5O/c23-15(19-17-21-20-14-8-1-2-10-22(14)17)11-13-6-3-5-12-7-4-9-18-16(12)13/h1-10H,11H2,(H,19,21,23). The number of pyridine rings is 2. The van der Waals surface area contributed by atoms with Crippen molar-refractivity contribution in [3.63, 3.8) is 0 Å². The van der Waals surface area contributed by atoms with E-state index < -0.39 is 0 Å². The van der Waals surface area contributed by atoms with Crippen molar-refractivity contribution in [1.29, 1.82) is 0 Å². The lowest BCUT2D eigenvalue weighted by molar-refractivity contribution is -0.115. The maximum absolute atomic E-state index is 12.3. The van der Waals surface area contributed by atoms with Crippen LogP contribution in [0, 0.1) is 0 Å². The molecule has 0 radical (unpaired) electrons. The topological polar surface area (TPSA) is 72.2 Å². The molecule has 0 saturated heterocycles. The number of anilines is 1. The van der Waals surface area contributed by atoms with Gasteiger partial charge in [0, 0.05) is 17.8 Å². The van der Waals surface area contributed by atoms with Crippen molar-refractivity contribution in [2.45, 2.75) is 6.42 Å². The van der Waals surface area contributed by atoms with E-state index in [-0.39, 0.29) is 12.3 Å². The lowest BCUT2D eigenvalue weighted by atomic mass is 10.1. The maximum Gasteiger partial charge on any atom is 0.235 e. The van der Waals surface area contributed by atoms with E-state index in [1.54, 1.807) is 10.6 Å². The summed E-state index contributed by atoms with van der Waals surface area (Å²) in [4.78, 5) is 16.7. The highest BCUT2D eigenvalue weighted by Gasteiger charge is 2.11. The molecule has 1 amide bonds. The van der Waals surface area contributed by atoms with Crippen molar-refractivity contribution >= 4 is 28.4 Å². The van der Waals surface area contributed by atoms with Crippen LogP contribution in [0.1, 0.15) is 5.56 Å². The van der Waals surface area contributed by atoms with E-state index in [1.165, 1.54) is 0 Å². The molecule has 6 nitrogen and oxygen atoms in total. The summed E-state index contributed by atoms with van der Waals surface area (Å²) in [7, 11) is 0. The molecule has 0 fully saturated rings. The van der Waals surface area contributed by atoms with Crippen molar-refractivity contribution < 1.29 is 4.79 Å². The van der Waals surface area contributed by atoms with Crippen molar-refractivity contribution in [2.24, 2.45) is 0 Å². The summed E-state index contributed by atoms with van der Waals surface area (Å²) < 4.78 is 1.74. The first-order valence-corrected chi connectivity index (χ1v) is 7.23. The van der Waals surface area contributed by atoms with Crippen LogP contribution in [0.3, 0.4) is 0 Å². The first kappa shape index (κ1) is 13.4. The number of para-hydroxylation sites is 1. The summed E-state index contributed by atoms with van der Waals surface area (Å²) in [5, 5.41) is 11.8. The summed E-state index contributed by atoms with van der Waals surface area (Å²) in [6.45, 7) is 0. The highest BCUT2D eigenvalue weighted by Crippen LogP contribution is 2.17. The number of rotatable bonds is 3. The van der Waals surface area contributed by atoms with E-state index >= 15 is 0 Å². The van der Waals surface area contributed by atoms with Gasteiger partial charge in [0.2, 0.25) is 11.9 Å². The molecule has 4 aromatic rings. The fraction of sp³-hybridized carbons (Fsp3) is 0.0588. The van der Waals surface area contributed by atoms with Gasteiger partial charge in [-0.1, -0.05) is 30.3 Å². The van der Waals surface area contributed by atoms with Gasteiger partial charge < -0.3 is 0 Å². The van der Waals surface area contributed by atoms with E-state index in [0.717, 1.165) is 16.5 Å². The summed E-state index contributed by atoms with van der Waals surface area (Å²) in [5.74, 6) is 0.264. The van der Waals surface area contributed by atoms with Crippen LogP contribution in [0.2, 0.25) is 0 Å². The smallest absolute Gasteiger partial charge is 0.235 e. The molecule has 0 aliphatic carbocycles. The molecule has 4 rings (SSSR count). The SMILES string of the molecule is O=C(Cc1cccc2cccnc12)Nc1nnc2ccccn12. The third kappa shape index (κ3) is 2.50. The van der Waals surface area contributed by atoms with E-state index in [9.17, 15) is 4.79 Å². The predicted molar refractivity (Wildman–Crippen MR) is 87.1 cm³/mol. The van der Waals surface area contributed by atoms with Gasteiger partial charge in [0.1, 0.15) is 0 Å². The molecule has 3 aromatic heterocycles. The van der Waals surface area contributed by atoms with Crippen LogP contribution in [0.25, 0.3) is 16.6 Å². The second kappa shape index (κ2) is 5.49. The monoisotopic (exact) mass is 303 g/mol. The number of hydrogen-bond acceptors (Lipinski definition) is 4. The van der Waals surface area contributed by atoms with E-state index in [4.69, 9.17) is 0 Å². The number of amides is 1. The first-order valence-electron chi connectivity index (χ1n) is 7.23. The maximum atomic E-state index is 12.3. The zero-order valence-corrected chi connectivity index (χ0v) is 12.2. The summed E-state index contributed by atoms with van der Waals surface area (Å²) >= 11 is 0. The van der Waals surface area contributed by atoms with Gasteiger partial charge in [-0.3, -0.25) is 19.5 Å². The van der Waals surface area contributed by atoms with E-state index in [2.05, 4.69) is 20.5 Å². The van der Waals surface area contributed by atoms with Gasteiger partial charge in [0.25, 0.3) is 0 Å². The molecule has 6 heteroatoms. The van der Waals surface area contributed by atoms with Crippen LogP contribution < -0.4 is 5.32 Å². The minimum atomic E-state index is -0.152. The Hall–Kier alpha value is -3.28. The Morgan fingerprint density at radius 2 is 1.96 bits per heavy atom. The fourth-order valence-corrected chi connectivity index (χ4v) is 2.58. The molecule has 23 heavy (non-hydrogen) atoms. The van der Waals surface area contributed by atoms with Gasteiger partial charge in [0.15, 0.2) is 5.65 Å². The average Bonchev–Trinajstić information content (AvgIpc) is 2.98. The van der Waals surface area contributed by atoms with E-state index in [1.807, 2.05) is 54.7 Å². The lowest BCUT2D eigenvalue weighted by Gasteiger charge is -2.06. The summed E-state index contributed by atoms with van der Waals surface area (Å²) in [5.41, 5.74) is 2.42. The fourth-order valence-electron chi connectivity index (χ4n) is 2.58. The quantitative estimate of drug-likeness (QED) is 0.631. The number of benzene rings is 1. The van der Waals surface area contributed by atoms with Crippen molar-refractivity contribution in [3.8, 4) is 0 Å². The van der Waals surface area contributed by atoms with Gasteiger partial charge >= 0.3 is 0 Å². The Kier molecular flexibility index (Phi) is 3.20. The molecule has 0 aliphatic heterocycles. The van der Waals surface area contributed by atoms with Gasteiger partial charge in [0.05, 0.1) is 11.9 Å². The predicted octanol–water partition coefficient (Wildman–Crippen LogP) is 2.46. The zero-order valence-electron chi connectivity index (χ0n) is 12.2. The minimum Gasteiger partial charge on any atom is -0.294 e. The number of carbonyl (C=O) groups excluding carboxylic acids is 1. The molecule has 0 bridgehead atoms. The number of nitrogens with zero attached hydrogens (tertiary/aromatic N) is 4. The third-order valence-corrected chi connectivity index (χ3v) is 3.63. The third-order valence-electron chi connectivity index (χ3n) is 3.63. The molecule has 0 saturated carbocycles. The van der Waals surface area contributed by atoms with Gasteiger partial charge in [-0.2, -0.15) is 0 Å². The highest BCUT2D eigenvalue weighted by molar-refractivity contribution is 5.94. The molecule has 0 unspecified atom stereocenters. The lowest BCUT2D eigenvalue weighted by Crippen LogP contribution is -2.16. The molecule has 1 aromatic carbocycles. The highest BCUT2D eigenvalue weighted by atomic mass is 16.1. The Balaban J connectivity index is 1.60. The molecular formula is C17H13N5O. The normalized spacial score (nSPS) is 11.0. The van der Waals surface area contributed by atoms with Gasteiger partial charge in [-0.15, -0.1) is 10.2 Å². The van der Waals surface area contributed by atoms with Crippen LogP contribution >= 0.6 is 0 Å². The molecule has 0 atom stereocenters. The molecular weight excluding hydrogens is 290 g/mol. The molecule has 112 valence electrons. The number of hydrogen-bond donors (Lipinski definition) is 1. The Labute approximate surface area is 131 Å². The largest absolute Gasteiger partial charge is 0.294 e. The second-order valence-electron chi connectivity index (χ2n) is 5.17. The van der Waals surface area contributed by atoms with Crippen LogP contribution in [0.15, 0.2) is 60.9 Å². The molecule has 0 spiro atoms. The average molecular weight is 303 g/mol. The Morgan fingerprint density at radius 1 is 1.04 bits per heavy atom. The molecule has 0 aliphatic rings. The summed E-state index contributed by atoms with van der Waals surface area (Å²) in [6.07, 6.45) is 3.77. The minimum absolute atomic E-state index is 0.152. The van der Waals surface area contributed by atoms with Gasteiger partial charge in [-0.25, -0.2) is 0 Å². The number of nitrogens with one attached hydrogen (secondary N) is 1. The molecule has 3 heterocycles. The zero-order chi connectivity index (χ0) is 15.6. The second-order valence-corrected chi connectivity index (χ2v) is 5.17. The Bertz CT molecular complexity index is 1000. The molecule has 1 N–H and O–H groups in total. The van der Waals surface area contributed by atoms with Crippen LogP contribution in [-0.4, -0.2) is 25.5 Å². The van der Waals surface area contributed by atoms with E-state index in [0.29, 0.717) is 11.6 Å². The number of carbonyl (C=O) groups is 1. The van der Waals surface area contributed by atoms with Crippen LogP contribution in [0.4, 0.5) is 5.95 Å². The van der Waals surface area contributed by atoms with Crippen LogP contribution in [-0.2, 0) is 11.2 Å². The van der Waals surface area contributed by atoms with Crippen molar-refractivity contribution in [2.75, 3.05) is 5.32 Å². The first-order chi connectivity index (χ1) is 11.3. The van der Waals surface area contributed by atoms with Crippen LogP contribution in [0.5, 0.6) is 0 Å². The number of aromatic nitrogens is 4. The Morgan fingerprint density at radius 3 is 2.91 bits per heavy atom. The van der Waals surface area contributed by atoms with Gasteiger partial charge in [-0.05, 0) is 23.8 Å². The van der Waals surface area contributed by atoms with Crippen molar-refractivity contribution in [1.82, 2.24) is 19.6 Å². The number of fused-ring (bicyclic) bond motifs is 2. The van der Waals surface area contributed by atoms with Crippen molar-refractivity contribution in [3.05, 3.63) is 66.5 Å². The summed E-state index contributed by atoms with van der Waals surface area (Å²) in [6, 6.07) is 15.3.